The van der Waals surface area contributed by atoms with E-state index in [1.807, 2.05) is 0 Å². The summed E-state index contributed by atoms with van der Waals surface area (Å²) < 4.78 is 20.1. The van der Waals surface area contributed by atoms with Crippen LogP contribution in [0.15, 0.2) is 52.5 Å². The largest absolute Gasteiger partial charge is 0.462 e. The standard InChI is InChI=1S/C19H18FNO3S2/c1-4-24-18(23)16(19(25-2)26-3)17(22)14-6-5-13(11-15(14)20)12-7-9-21-10-8-12/h5-11H,4H2,1-3H3. The monoisotopic (exact) mass is 391 g/mol. The highest BCUT2D eigenvalue weighted by Crippen LogP contribution is 2.31. The van der Waals surface area contributed by atoms with Gasteiger partial charge >= 0.3 is 5.97 Å². The second kappa shape index (κ2) is 9.54. The van der Waals surface area contributed by atoms with Crippen LogP contribution in [0.4, 0.5) is 4.39 Å². The van der Waals surface area contributed by atoms with E-state index in [4.69, 9.17) is 4.74 Å². The van der Waals surface area contributed by atoms with Gasteiger partial charge in [-0.25, -0.2) is 9.18 Å². The molecule has 0 bridgehead atoms. The molecule has 0 aliphatic rings. The number of thioether (sulfide) groups is 2. The number of hydrogen-bond donors (Lipinski definition) is 0. The first-order valence-electron chi connectivity index (χ1n) is 7.77. The normalized spacial score (nSPS) is 10.3. The fourth-order valence-corrected chi connectivity index (χ4v) is 3.74. The number of hydrogen-bond acceptors (Lipinski definition) is 6. The molecule has 0 aliphatic heterocycles. The number of pyridine rings is 1. The van der Waals surface area contributed by atoms with Crippen LogP contribution in [-0.4, -0.2) is 35.9 Å². The average Bonchev–Trinajstić information content (AvgIpc) is 2.66. The smallest absolute Gasteiger partial charge is 0.343 e. The predicted octanol–water partition coefficient (Wildman–Crippen LogP) is 4.57. The zero-order valence-corrected chi connectivity index (χ0v) is 16.2. The summed E-state index contributed by atoms with van der Waals surface area (Å²) in [4.78, 5) is 29.0. The molecule has 4 nitrogen and oxygen atoms in total. The molecule has 0 spiro atoms. The van der Waals surface area contributed by atoms with Crippen LogP contribution in [0, 0.1) is 5.82 Å². The lowest BCUT2D eigenvalue weighted by Gasteiger charge is -2.12. The minimum Gasteiger partial charge on any atom is -0.462 e. The SMILES string of the molecule is CCOC(=O)C(C(=O)c1ccc(-c2ccncc2)cc1F)=C(SC)SC. The number of carbonyl (C=O) groups is 2. The number of halogens is 1. The third-order valence-corrected chi connectivity index (χ3v) is 5.66. The van der Waals surface area contributed by atoms with Gasteiger partial charge in [-0.2, -0.15) is 0 Å². The van der Waals surface area contributed by atoms with Crippen LogP contribution in [0.5, 0.6) is 0 Å². The molecular formula is C19H18FNO3S2. The molecule has 0 radical (unpaired) electrons. The van der Waals surface area contributed by atoms with E-state index in [1.165, 1.54) is 35.7 Å². The fourth-order valence-electron chi connectivity index (χ4n) is 2.32. The number of ketones is 1. The maximum Gasteiger partial charge on any atom is 0.343 e. The van der Waals surface area contributed by atoms with E-state index in [1.54, 1.807) is 50.0 Å². The lowest BCUT2D eigenvalue weighted by molar-refractivity contribution is -0.138. The second-order valence-corrected chi connectivity index (χ2v) is 6.94. The van der Waals surface area contributed by atoms with Crippen molar-refractivity contribution in [2.24, 2.45) is 0 Å². The highest BCUT2D eigenvalue weighted by Gasteiger charge is 2.27. The summed E-state index contributed by atoms with van der Waals surface area (Å²) in [7, 11) is 0. The molecule has 0 unspecified atom stereocenters. The third kappa shape index (κ3) is 4.53. The molecule has 2 rings (SSSR count). The minimum atomic E-state index is -0.742. The summed E-state index contributed by atoms with van der Waals surface area (Å²) in [5.74, 6) is -2.11. The maximum atomic E-state index is 14.6. The van der Waals surface area contributed by atoms with Gasteiger partial charge in [-0.15, -0.1) is 23.5 Å². The molecule has 1 heterocycles. The summed E-state index contributed by atoms with van der Waals surface area (Å²) >= 11 is 2.51. The number of rotatable bonds is 7. The third-order valence-electron chi connectivity index (χ3n) is 3.51. The van der Waals surface area contributed by atoms with Crippen LogP contribution in [0.3, 0.4) is 0 Å². The van der Waals surface area contributed by atoms with Gasteiger partial charge in [-0.3, -0.25) is 9.78 Å². The van der Waals surface area contributed by atoms with Crippen molar-refractivity contribution >= 4 is 35.3 Å². The van der Waals surface area contributed by atoms with Gasteiger partial charge in [0, 0.05) is 12.4 Å². The minimum absolute atomic E-state index is 0.134. The quantitative estimate of drug-likeness (QED) is 0.227. The van der Waals surface area contributed by atoms with E-state index in [-0.39, 0.29) is 17.7 Å². The Morgan fingerprint density at radius 1 is 1.08 bits per heavy atom. The Hall–Kier alpha value is -2.12. The van der Waals surface area contributed by atoms with E-state index >= 15 is 0 Å². The number of aromatic nitrogens is 1. The molecule has 0 amide bonds. The van der Waals surface area contributed by atoms with E-state index < -0.39 is 17.6 Å². The molecule has 0 fully saturated rings. The Morgan fingerprint density at radius 3 is 2.27 bits per heavy atom. The molecule has 0 saturated carbocycles. The van der Waals surface area contributed by atoms with E-state index in [0.717, 1.165) is 5.56 Å². The van der Waals surface area contributed by atoms with E-state index in [9.17, 15) is 14.0 Å². The molecule has 7 heteroatoms. The number of esters is 1. The van der Waals surface area contributed by atoms with Crippen molar-refractivity contribution in [1.29, 1.82) is 0 Å². The van der Waals surface area contributed by atoms with Gasteiger partial charge < -0.3 is 4.74 Å². The molecule has 26 heavy (non-hydrogen) atoms. The fraction of sp³-hybridized carbons (Fsp3) is 0.211. The van der Waals surface area contributed by atoms with Gasteiger partial charge in [0.15, 0.2) is 0 Å². The number of nitrogens with zero attached hydrogens (tertiary/aromatic N) is 1. The first kappa shape index (κ1) is 20.2. The van der Waals surface area contributed by atoms with E-state index in [2.05, 4.69) is 4.98 Å². The van der Waals surface area contributed by atoms with Crippen molar-refractivity contribution in [3.05, 3.63) is 63.9 Å². The summed E-state index contributed by atoms with van der Waals surface area (Å²) in [6.45, 7) is 1.79. The number of ether oxygens (including phenoxy) is 1. The van der Waals surface area contributed by atoms with Gasteiger partial charge in [0.1, 0.15) is 11.4 Å². The Morgan fingerprint density at radius 2 is 1.73 bits per heavy atom. The zero-order chi connectivity index (χ0) is 19.1. The van der Waals surface area contributed by atoms with Crippen molar-refractivity contribution in [3.8, 4) is 11.1 Å². The van der Waals surface area contributed by atoms with Crippen molar-refractivity contribution < 1.29 is 18.7 Å². The van der Waals surface area contributed by atoms with Crippen LogP contribution in [0.1, 0.15) is 17.3 Å². The first-order valence-corrected chi connectivity index (χ1v) is 10.2. The lowest BCUT2D eigenvalue weighted by Crippen LogP contribution is -2.18. The van der Waals surface area contributed by atoms with Crippen LogP contribution in [0.25, 0.3) is 11.1 Å². The van der Waals surface area contributed by atoms with Crippen molar-refractivity contribution in [2.75, 3.05) is 19.1 Å². The molecular weight excluding hydrogens is 373 g/mol. The zero-order valence-electron chi connectivity index (χ0n) is 14.6. The van der Waals surface area contributed by atoms with Gasteiger partial charge in [-0.1, -0.05) is 6.07 Å². The van der Waals surface area contributed by atoms with Gasteiger partial charge in [0.05, 0.1) is 16.4 Å². The number of Topliss-reactive ketones (excluding diaryl/α,β-unsaturated/α-hetero) is 1. The maximum absolute atomic E-state index is 14.6. The van der Waals surface area contributed by atoms with Gasteiger partial charge in [0.25, 0.3) is 0 Å². The van der Waals surface area contributed by atoms with Crippen molar-refractivity contribution in [1.82, 2.24) is 4.98 Å². The van der Waals surface area contributed by atoms with E-state index in [0.29, 0.717) is 9.80 Å². The van der Waals surface area contributed by atoms with Crippen LogP contribution < -0.4 is 0 Å². The predicted molar refractivity (Wildman–Crippen MR) is 105 cm³/mol. The highest BCUT2D eigenvalue weighted by atomic mass is 32.2. The topological polar surface area (TPSA) is 56.3 Å². The van der Waals surface area contributed by atoms with Crippen LogP contribution in [-0.2, 0) is 9.53 Å². The molecule has 136 valence electrons. The summed E-state index contributed by atoms with van der Waals surface area (Å²) in [6.07, 6.45) is 6.72. The highest BCUT2D eigenvalue weighted by molar-refractivity contribution is 8.21. The van der Waals surface area contributed by atoms with Crippen molar-refractivity contribution in [3.63, 3.8) is 0 Å². The summed E-state index contributed by atoms with van der Waals surface area (Å²) in [5, 5.41) is 0. The summed E-state index contributed by atoms with van der Waals surface area (Å²) in [5.41, 5.74) is 1.11. The van der Waals surface area contributed by atoms with Crippen LogP contribution >= 0.6 is 23.5 Å². The Balaban J connectivity index is 2.46. The Kier molecular flexibility index (Phi) is 7.41. The van der Waals surface area contributed by atoms with Crippen LogP contribution in [0.2, 0.25) is 0 Å². The second-order valence-electron chi connectivity index (χ2n) is 5.05. The number of carbonyl (C=O) groups excluding carboxylic acids is 2. The Bertz CT molecular complexity index is 832. The average molecular weight is 391 g/mol. The van der Waals surface area contributed by atoms with Gasteiger partial charge in [-0.05, 0) is 54.8 Å². The first-order chi connectivity index (χ1) is 12.5. The molecule has 2 aromatic rings. The lowest BCUT2D eigenvalue weighted by atomic mass is 9.99. The van der Waals surface area contributed by atoms with Crippen molar-refractivity contribution in [2.45, 2.75) is 6.92 Å². The molecule has 0 aliphatic carbocycles. The number of benzene rings is 1. The molecule has 0 atom stereocenters. The molecule has 1 aromatic carbocycles. The molecule has 0 N–H and O–H groups in total. The summed E-state index contributed by atoms with van der Waals surface area (Å²) in [6, 6.07) is 7.82. The molecule has 0 saturated heterocycles. The van der Waals surface area contributed by atoms with Gasteiger partial charge in [0.2, 0.25) is 5.78 Å². The molecule has 1 aromatic heterocycles. The Labute approximate surface area is 160 Å².